The summed E-state index contributed by atoms with van der Waals surface area (Å²) >= 11 is 0. The largest absolute Gasteiger partial charge is 0.492 e. The van der Waals surface area contributed by atoms with E-state index in [9.17, 15) is 19.8 Å². The lowest BCUT2D eigenvalue weighted by Crippen LogP contribution is -2.48. The van der Waals surface area contributed by atoms with Crippen LogP contribution in [0.5, 0.6) is 5.75 Å². The van der Waals surface area contributed by atoms with Crippen molar-refractivity contribution in [2.75, 3.05) is 26.2 Å². The van der Waals surface area contributed by atoms with Crippen molar-refractivity contribution in [1.82, 2.24) is 15.5 Å². The molecule has 0 aromatic heterocycles. The molecule has 2 amide bonds. The van der Waals surface area contributed by atoms with Gasteiger partial charge in [-0.25, -0.2) is 4.79 Å². The molecule has 0 radical (unpaired) electrons. The van der Waals surface area contributed by atoms with Crippen LogP contribution in [0.15, 0.2) is 48.5 Å². The number of amides is 2. The van der Waals surface area contributed by atoms with Crippen molar-refractivity contribution < 1.29 is 29.3 Å². The topological polar surface area (TPSA) is 120 Å². The molecule has 2 aromatic rings. The molecule has 0 bridgehead atoms. The number of benzene rings is 2. The lowest BCUT2D eigenvalue weighted by molar-refractivity contribution is -0.127. The van der Waals surface area contributed by atoms with E-state index < -0.39 is 41.9 Å². The van der Waals surface area contributed by atoms with E-state index in [-0.39, 0.29) is 12.3 Å². The number of likely N-dealkylation sites (N-methyl/N-ethyl adjacent to an activating group) is 1. The number of carbonyl (C=O) groups excluding carboxylic acids is 2. The number of hydrogen-bond acceptors (Lipinski definition) is 7. The molecule has 2 aromatic carbocycles. The fraction of sp³-hybridized carbons (Fsp3) is 0.641. The molecule has 4 rings (SSSR count). The van der Waals surface area contributed by atoms with Crippen LogP contribution >= 0.6 is 0 Å². The van der Waals surface area contributed by atoms with Gasteiger partial charge in [-0.15, -0.1) is 0 Å². The zero-order valence-electron chi connectivity index (χ0n) is 29.7. The van der Waals surface area contributed by atoms with Crippen LogP contribution in [-0.4, -0.2) is 77.2 Å². The summed E-state index contributed by atoms with van der Waals surface area (Å²) < 4.78 is 11.6. The number of ether oxygens (including phenoxy) is 2. The summed E-state index contributed by atoms with van der Waals surface area (Å²) in [4.78, 5) is 29.3. The monoisotopic (exact) mass is 665 g/mol. The summed E-state index contributed by atoms with van der Waals surface area (Å²) in [6, 6.07) is 14.5. The second kappa shape index (κ2) is 18.0. The normalized spacial score (nSPS) is 20.1. The highest BCUT2D eigenvalue weighted by atomic mass is 16.6. The van der Waals surface area contributed by atoms with Crippen LogP contribution in [0.4, 0.5) is 4.79 Å². The molecule has 5 atom stereocenters. The van der Waals surface area contributed by atoms with Gasteiger partial charge < -0.3 is 35.2 Å². The van der Waals surface area contributed by atoms with Crippen molar-refractivity contribution in [3.8, 4) is 5.75 Å². The molecule has 4 N–H and O–H groups in total. The second-order valence-electron chi connectivity index (χ2n) is 14.7. The average molecular weight is 666 g/mol. The van der Waals surface area contributed by atoms with E-state index >= 15 is 0 Å². The van der Waals surface area contributed by atoms with Gasteiger partial charge in [0.15, 0.2) is 0 Å². The molecule has 0 aliphatic heterocycles. The van der Waals surface area contributed by atoms with Crippen LogP contribution in [0, 0.1) is 11.8 Å². The van der Waals surface area contributed by atoms with Crippen molar-refractivity contribution >= 4 is 12.0 Å². The smallest absolute Gasteiger partial charge is 0.407 e. The first-order chi connectivity index (χ1) is 23.0. The Morgan fingerprint density at radius 1 is 1.00 bits per heavy atom. The average Bonchev–Trinajstić information content (AvgIpc) is 3.37. The third-order valence-corrected chi connectivity index (χ3v) is 9.85. The van der Waals surface area contributed by atoms with E-state index in [0.717, 1.165) is 67.8 Å². The van der Waals surface area contributed by atoms with Crippen molar-refractivity contribution in [3.63, 3.8) is 0 Å². The summed E-state index contributed by atoms with van der Waals surface area (Å²) in [5.74, 6) is 0.318. The minimum absolute atomic E-state index is 0.144. The number of aliphatic hydroxyl groups is 2. The maximum atomic E-state index is 14.1. The molecule has 48 heavy (non-hydrogen) atoms. The standard InChI is InChI=1S/C39H59N3O6/c1-6-42(7-2)21-22-47-31-19-17-28(18-20-31)23-30(37(45)41-36-32-16-12-11-15-29(32)25-35(36)44)26-34(43)33(24-27-13-9-8-10-14-27)40-38(46)48-39(3,4)5/h11-12,15-20,27,30,33-36,43-44H,6-10,13-14,21-26H2,1-5H3,(H,40,46)(H,41,45). The number of hydrogen-bond donors (Lipinski definition) is 4. The van der Waals surface area contributed by atoms with E-state index in [1.165, 1.54) is 6.42 Å². The van der Waals surface area contributed by atoms with Gasteiger partial charge in [-0.2, -0.15) is 0 Å². The van der Waals surface area contributed by atoms with E-state index in [4.69, 9.17) is 9.47 Å². The molecule has 1 fully saturated rings. The van der Waals surface area contributed by atoms with Crippen LogP contribution in [-0.2, 0) is 22.4 Å². The first-order valence-corrected chi connectivity index (χ1v) is 18.1. The summed E-state index contributed by atoms with van der Waals surface area (Å²) in [6.45, 7) is 13.1. The molecular weight excluding hydrogens is 606 g/mol. The lowest BCUT2D eigenvalue weighted by atomic mass is 9.82. The quantitative estimate of drug-likeness (QED) is 0.175. The molecule has 5 unspecified atom stereocenters. The molecule has 2 aliphatic rings. The summed E-state index contributed by atoms with van der Waals surface area (Å²) in [5.41, 5.74) is 2.21. The summed E-state index contributed by atoms with van der Waals surface area (Å²) in [5, 5.41) is 28.7. The molecule has 9 nitrogen and oxygen atoms in total. The number of alkyl carbamates (subject to hydrolysis) is 1. The Morgan fingerprint density at radius 2 is 1.69 bits per heavy atom. The number of nitrogens with zero attached hydrogens (tertiary/aromatic N) is 1. The Morgan fingerprint density at radius 3 is 2.35 bits per heavy atom. The van der Waals surface area contributed by atoms with Crippen LogP contribution in [0.1, 0.15) is 102 Å². The van der Waals surface area contributed by atoms with E-state index in [1.807, 2.05) is 69.3 Å². The number of nitrogens with one attached hydrogen (secondary N) is 2. The fourth-order valence-corrected chi connectivity index (χ4v) is 7.15. The Bertz CT molecular complexity index is 1290. The van der Waals surface area contributed by atoms with E-state index in [1.54, 1.807) is 0 Å². The van der Waals surface area contributed by atoms with Crippen molar-refractivity contribution in [1.29, 1.82) is 0 Å². The van der Waals surface area contributed by atoms with E-state index in [2.05, 4.69) is 29.4 Å². The van der Waals surface area contributed by atoms with E-state index in [0.29, 0.717) is 31.8 Å². The predicted octanol–water partition coefficient (Wildman–Crippen LogP) is 5.96. The van der Waals surface area contributed by atoms with Gasteiger partial charge in [-0.05, 0) is 87.9 Å². The SMILES string of the molecule is CCN(CC)CCOc1ccc(CC(CC(O)C(CC2CCCCC2)NC(=O)OC(C)(C)C)C(=O)NC2c3ccccc3CC2O)cc1. The highest BCUT2D eigenvalue weighted by Crippen LogP contribution is 2.33. The molecule has 1 saturated carbocycles. The first kappa shape index (κ1) is 37.7. The number of rotatable bonds is 16. The third kappa shape index (κ3) is 11.5. The minimum Gasteiger partial charge on any atom is -0.492 e. The molecule has 9 heteroatoms. The zero-order valence-corrected chi connectivity index (χ0v) is 29.7. The van der Waals surface area contributed by atoms with Gasteiger partial charge in [0.2, 0.25) is 5.91 Å². The van der Waals surface area contributed by atoms with Crippen LogP contribution in [0.2, 0.25) is 0 Å². The Hall–Kier alpha value is -3.14. The maximum absolute atomic E-state index is 14.1. The van der Waals surface area contributed by atoms with Gasteiger partial charge in [0, 0.05) is 18.9 Å². The van der Waals surface area contributed by atoms with Crippen LogP contribution in [0.3, 0.4) is 0 Å². The molecule has 266 valence electrons. The lowest BCUT2D eigenvalue weighted by Gasteiger charge is -2.32. The summed E-state index contributed by atoms with van der Waals surface area (Å²) in [7, 11) is 0. The van der Waals surface area contributed by atoms with Crippen LogP contribution < -0.4 is 15.4 Å². The summed E-state index contributed by atoms with van der Waals surface area (Å²) in [6.07, 6.45) is 4.99. The number of aliphatic hydroxyl groups excluding tert-OH is 2. The fourth-order valence-electron chi connectivity index (χ4n) is 7.15. The van der Waals surface area contributed by atoms with Crippen molar-refractivity contribution in [2.24, 2.45) is 11.8 Å². The molecular formula is C39H59N3O6. The highest BCUT2D eigenvalue weighted by Gasteiger charge is 2.36. The van der Waals surface area contributed by atoms with Gasteiger partial charge in [0.1, 0.15) is 18.0 Å². The van der Waals surface area contributed by atoms with Gasteiger partial charge in [-0.3, -0.25) is 4.79 Å². The molecule has 0 spiro atoms. The third-order valence-electron chi connectivity index (χ3n) is 9.85. The van der Waals surface area contributed by atoms with Gasteiger partial charge >= 0.3 is 6.09 Å². The first-order valence-electron chi connectivity index (χ1n) is 18.1. The van der Waals surface area contributed by atoms with Gasteiger partial charge in [-0.1, -0.05) is 82.3 Å². The predicted molar refractivity (Wildman–Crippen MR) is 189 cm³/mol. The minimum atomic E-state index is -0.973. The Balaban J connectivity index is 1.51. The molecule has 0 heterocycles. The maximum Gasteiger partial charge on any atom is 0.407 e. The van der Waals surface area contributed by atoms with Gasteiger partial charge in [0.25, 0.3) is 0 Å². The zero-order chi connectivity index (χ0) is 34.7. The Labute approximate surface area is 287 Å². The number of fused-ring (bicyclic) bond motifs is 1. The molecule has 2 aliphatic carbocycles. The van der Waals surface area contributed by atoms with Gasteiger partial charge in [0.05, 0.1) is 24.3 Å². The number of carbonyl (C=O) groups is 2. The van der Waals surface area contributed by atoms with Crippen molar-refractivity contribution in [2.45, 2.75) is 122 Å². The van der Waals surface area contributed by atoms with Crippen molar-refractivity contribution in [3.05, 3.63) is 65.2 Å². The Kier molecular flexibility index (Phi) is 14.1. The highest BCUT2D eigenvalue weighted by molar-refractivity contribution is 5.80. The second-order valence-corrected chi connectivity index (χ2v) is 14.7. The molecule has 0 saturated heterocycles. The van der Waals surface area contributed by atoms with Crippen LogP contribution in [0.25, 0.3) is 0 Å².